The third kappa shape index (κ3) is 3.74. The zero-order valence-electron chi connectivity index (χ0n) is 10.9. The van der Waals surface area contributed by atoms with Crippen molar-refractivity contribution in [3.05, 3.63) is 56.3 Å². The zero-order chi connectivity index (χ0) is 15.4. The molecule has 1 heterocycles. The molecule has 0 amide bonds. The molecule has 2 aromatic rings. The third-order valence-electron chi connectivity index (χ3n) is 2.64. The summed E-state index contributed by atoms with van der Waals surface area (Å²) in [5.74, 6) is 0.543. The van der Waals surface area contributed by atoms with Crippen molar-refractivity contribution in [1.82, 2.24) is 4.98 Å². The number of nitro groups is 1. The molecule has 0 unspecified atom stereocenters. The Morgan fingerprint density at radius 2 is 2.05 bits per heavy atom. The van der Waals surface area contributed by atoms with Crippen LogP contribution in [0.15, 0.2) is 30.3 Å². The topological polar surface area (TPSA) is 74.5 Å². The van der Waals surface area contributed by atoms with Crippen LogP contribution >= 0.6 is 23.2 Å². The maximum absolute atomic E-state index is 11.0. The lowest BCUT2D eigenvalue weighted by atomic mass is 10.2. The molecular formula is C13H10Cl2N2O4. The zero-order valence-corrected chi connectivity index (χ0v) is 12.4. The van der Waals surface area contributed by atoms with Crippen LogP contribution in [0.1, 0.15) is 5.56 Å². The van der Waals surface area contributed by atoms with E-state index in [1.807, 2.05) is 0 Å². The number of halogens is 2. The highest BCUT2D eigenvalue weighted by molar-refractivity contribution is 6.32. The average Bonchev–Trinajstić information content (AvgIpc) is 2.45. The van der Waals surface area contributed by atoms with E-state index >= 15 is 0 Å². The Morgan fingerprint density at radius 3 is 2.67 bits per heavy atom. The molecule has 0 atom stereocenters. The van der Waals surface area contributed by atoms with Gasteiger partial charge in [0.25, 0.3) is 0 Å². The highest BCUT2D eigenvalue weighted by atomic mass is 35.5. The molecule has 0 saturated carbocycles. The Hall–Kier alpha value is -2.05. The van der Waals surface area contributed by atoms with Crippen LogP contribution in [0.25, 0.3) is 0 Å². The van der Waals surface area contributed by atoms with E-state index in [4.69, 9.17) is 32.7 Å². The largest absolute Gasteiger partial charge is 0.497 e. The Morgan fingerprint density at radius 1 is 1.29 bits per heavy atom. The molecule has 21 heavy (non-hydrogen) atoms. The normalized spacial score (nSPS) is 10.2. The second kappa shape index (κ2) is 6.60. The molecule has 0 bridgehead atoms. The summed E-state index contributed by atoms with van der Waals surface area (Å²) in [6.07, 6.45) is 0. The van der Waals surface area contributed by atoms with E-state index in [0.29, 0.717) is 11.3 Å². The number of hydrogen-bond donors (Lipinski definition) is 0. The van der Waals surface area contributed by atoms with Crippen LogP contribution in [0.2, 0.25) is 10.3 Å². The standard InChI is InChI=1S/C13H10Cl2N2O4/c1-20-9-3-4-10(17(18)19)11(6-9)21-7-8-2-5-12(14)16-13(8)15/h2-6H,7H2,1H3. The van der Waals surface area contributed by atoms with Crippen molar-refractivity contribution in [1.29, 1.82) is 0 Å². The van der Waals surface area contributed by atoms with Crippen LogP contribution in [0, 0.1) is 10.1 Å². The van der Waals surface area contributed by atoms with Crippen molar-refractivity contribution >= 4 is 28.9 Å². The Bertz CT molecular complexity index is 679. The first-order valence-corrected chi connectivity index (χ1v) is 6.53. The molecule has 0 N–H and O–H groups in total. The molecule has 1 aromatic carbocycles. The molecule has 1 aromatic heterocycles. The maximum atomic E-state index is 11.0. The van der Waals surface area contributed by atoms with Gasteiger partial charge in [0, 0.05) is 17.7 Å². The number of aromatic nitrogens is 1. The molecule has 8 heteroatoms. The van der Waals surface area contributed by atoms with Crippen molar-refractivity contribution in [3.8, 4) is 11.5 Å². The number of nitro benzene ring substituents is 1. The first-order valence-electron chi connectivity index (χ1n) is 5.77. The summed E-state index contributed by atoms with van der Waals surface area (Å²) in [5.41, 5.74) is 0.409. The number of rotatable bonds is 5. The summed E-state index contributed by atoms with van der Waals surface area (Å²) in [6, 6.07) is 7.45. The first kappa shape index (κ1) is 15.3. The Balaban J connectivity index is 2.24. The lowest BCUT2D eigenvalue weighted by molar-refractivity contribution is -0.386. The lowest BCUT2D eigenvalue weighted by Crippen LogP contribution is -2.01. The number of ether oxygens (including phenoxy) is 2. The van der Waals surface area contributed by atoms with Crippen LogP contribution in [0.3, 0.4) is 0 Å². The highest BCUT2D eigenvalue weighted by Crippen LogP contribution is 2.32. The van der Waals surface area contributed by atoms with E-state index in [1.54, 1.807) is 12.1 Å². The summed E-state index contributed by atoms with van der Waals surface area (Å²) in [5, 5.41) is 11.4. The van der Waals surface area contributed by atoms with Crippen LogP contribution in [0.5, 0.6) is 11.5 Å². The molecule has 6 nitrogen and oxygen atoms in total. The van der Waals surface area contributed by atoms with Gasteiger partial charge < -0.3 is 9.47 Å². The number of methoxy groups -OCH3 is 1. The van der Waals surface area contributed by atoms with Crippen LogP contribution in [-0.4, -0.2) is 17.0 Å². The van der Waals surface area contributed by atoms with Gasteiger partial charge in [0.2, 0.25) is 5.75 Å². The molecule has 0 aliphatic carbocycles. The number of benzene rings is 1. The van der Waals surface area contributed by atoms with Gasteiger partial charge >= 0.3 is 5.69 Å². The van der Waals surface area contributed by atoms with Gasteiger partial charge in [-0.2, -0.15) is 0 Å². The summed E-state index contributed by atoms with van der Waals surface area (Å²) in [4.78, 5) is 14.3. The monoisotopic (exact) mass is 328 g/mol. The second-order valence-corrected chi connectivity index (χ2v) is 4.71. The minimum Gasteiger partial charge on any atom is -0.497 e. The number of hydrogen-bond acceptors (Lipinski definition) is 5. The SMILES string of the molecule is COc1ccc([N+](=O)[O-])c(OCc2ccc(Cl)nc2Cl)c1. The second-order valence-electron chi connectivity index (χ2n) is 3.96. The molecule has 0 spiro atoms. The first-order chi connectivity index (χ1) is 10.0. The van der Waals surface area contributed by atoms with Crippen LogP contribution in [-0.2, 0) is 6.61 Å². The van der Waals surface area contributed by atoms with E-state index in [1.165, 1.54) is 25.3 Å². The Kier molecular flexibility index (Phi) is 4.82. The van der Waals surface area contributed by atoms with Gasteiger partial charge in [0.15, 0.2) is 0 Å². The number of pyridine rings is 1. The predicted octanol–water partition coefficient (Wildman–Crippen LogP) is 3.88. The fourth-order valence-electron chi connectivity index (χ4n) is 1.59. The maximum Gasteiger partial charge on any atom is 0.311 e. The minimum absolute atomic E-state index is 0.0248. The van der Waals surface area contributed by atoms with E-state index in [2.05, 4.69) is 4.98 Å². The molecule has 2 rings (SSSR count). The molecule has 110 valence electrons. The minimum atomic E-state index is -0.531. The molecule has 0 aliphatic rings. The van der Waals surface area contributed by atoms with Crippen molar-refractivity contribution in [2.24, 2.45) is 0 Å². The van der Waals surface area contributed by atoms with E-state index in [-0.39, 0.29) is 28.3 Å². The molecule has 0 saturated heterocycles. The van der Waals surface area contributed by atoms with Gasteiger partial charge in [-0.05, 0) is 18.2 Å². The van der Waals surface area contributed by atoms with Gasteiger partial charge in [0.1, 0.15) is 22.7 Å². The molecule has 0 aliphatic heterocycles. The summed E-state index contributed by atoms with van der Waals surface area (Å²) >= 11 is 11.6. The molecule has 0 radical (unpaired) electrons. The van der Waals surface area contributed by atoms with Gasteiger partial charge in [0.05, 0.1) is 12.0 Å². The highest BCUT2D eigenvalue weighted by Gasteiger charge is 2.16. The summed E-state index contributed by atoms with van der Waals surface area (Å²) < 4.78 is 10.5. The van der Waals surface area contributed by atoms with Crippen molar-refractivity contribution in [3.63, 3.8) is 0 Å². The third-order valence-corrected chi connectivity index (χ3v) is 3.18. The van der Waals surface area contributed by atoms with Crippen molar-refractivity contribution in [2.45, 2.75) is 6.61 Å². The van der Waals surface area contributed by atoms with Gasteiger partial charge in [-0.3, -0.25) is 10.1 Å². The molecule has 0 fully saturated rings. The van der Waals surface area contributed by atoms with E-state index in [9.17, 15) is 10.1 Å². The van der Waals surface area contributed by atoms with Crippen molar-refractivity contribution < 1.29 is 14.4 Å². The average molecular weight is 329 g/mol. The fourth-order valence-corrected chi connectivity index (χ4v) is 1.99. The smallest absolute Gasteiger partial charge is 0.311 e. The van der Waals surface area contributed by atoms with E-state index in [0.717, 1.165) is 0 Å². The van der Waals surface area contributed by atoms with Crippen molar-refractivity contribution in [2.75, 3.05) is 7.11 Å². The number of nitrogens with zero attached hydrogens (tertiary/aromatic N) is 2. The lowest BCUT2D eigenvalue weighted by Gasteiger charge is -2.09. The quantitative estimate of drug-likeness (QED) is 0.473. The van der Waals surface area contributed by atoms with Gasteiger partial charge in [-0.1, -0.05) is 23.2 Å². The Labute approximate surface area is 130 Å². The van der Waals surface area contributed by atoms with E-state index < -0.39 is 4.92 Å². The summed E-state index contributed by atoms with van der Waals surface area (Å²) in [6.45, 7) is 0.0248. The van der Waals surface area contributed by atoms with Crippen LogP contribution in [0.4, 0.5) is 5.69 Å². The molecular weight excluding hydrogens is 319 g/mol. The van der Waals surface area contributed by atoms with Gasteiger partial charge in [-0.25, -0.2) is 4.98 Å². The van der Waals surface area contributed by atoms with Gasteiger partial charge in [-0.15, -0.1) is 0 Å². The van der Waals surface area contributed by atoms with Crippen LogP contribution < -0.4 is 9.47 Å². The predicted molar refractivity (Wildman–Crippen MR) is 78.2 cm³/mol. The fraction of sp³-hybridized carbons (Fsp3) is 0.154. The summed E-state index contributed by atoms with van der Waals surface area (Å²) in [7, 11) is 1.46.